The van der Waals surface area contributed by atoms with Gasteiger partial charge in [-0.25, -0.2) is 0 Å². The van der Waals surface area contributed by atoms with Gasteiger partial charge in [-0.05, 0) is 29.8 Å². The van der Waals surface area contributed by atoms with E-state index in [9.17, 15) is 9.90 Å². The number of phenolic OH excluding ortho intramolecular Hbond substituents is 1. The smallest absolute Gasteiger partial charge is 0.228 e. The number of hydrogen-bond donors (Lipinski definition) is 2. The maximum atomic E-state index is 11.9. The summed E-state index contributed by atoms with van der Waals surface area (Å²) in [6.07, 6.45) is 0.232. The predicted molar refractivity (Wildman–Crippen MR) is 84.6 cm³/mol. The number of aromatic hydroxyl groups is 1. The van der Waals surface area contributed by atoms with Crippen LogP contribution in [0.1, 0.15) is 5.56 Å². The van der Waals surface area contributed by atoms with Crippen LogP contribution in [0.4, 0.5) is 5.69 Å². The zero-order valence-corrected chi connectivity index (χ0v) is 13.3. The van der Waals surface area contributed by atoms with Crippen LogP contribution in [-0.2, 0) is 11.2 Å². The molecular formula is C14H10BrCl2NO2. The molecule has 104 valence electrons. The average Bonchev–Trinajstić information content (AvgIpc) is 2.35. The van der Waals surface area contributed by atoms with Crippen LogP contribution >= 0.6 is 39.1 Å². The van der Waals surface area contributed by atoms with Gasteiger partial charge in [-0.2, -0.15) is 0 Å². The number of amides is 1. The standard InChI is InChI=1S/C14H10BrCl2NO2/c15-9-3-1-2-8(4-9)5-13(19)18-10-6-11(16)14(20)12(17)7-10/h1-4,6-7,20H,5H2,(H,18,19). The van der Waals surface area contributed by atoms with Crippen molar-refractivity contribution >= 4 is 50.7 Å². The second-order valence-electron chi connectivity index (χ2n) is 4.14. The second-order valence-corrected chi connectivity index (χ2v) is 5.87. The summed E-state index contributed by atoms with van der Waals surface area (Å²) in [6.45, 7) is 0. The number of anilines is 1. The fourth-order valence-corrected chi connectivity index (χ4v) is 2.61. The van der Waals surface area contributed by atoms with E-state index >= 15 is 0 Å². The van der Waals surface area contributed by atoms with Crippen molar-refractivity contribution in [2.24, 2.45) is 0 Å². The SMILES string of the molecule is O=C(Cc1cccc(Br)c1)Nc1cc(Cl)c(O)c(Cl)c1. The number of carbonyl (C=O) groups is 1. The van der Waals surface area contributed by atoms with Crippen LogP contribution in [0.5, 0.6) is 5.75 Å². The molecule has 0 aromatic heterocycles. The second kappa shape index (κ2) is 6.48. The van der Waals surface area contributed by atoms with Gasteiger partial charge in [0.25, 0.3) is 0 Å². The zero-order chi connectivity index (χ0) is 14.7. The molecule has 0 aliphatic carbocycles. The molecule has 0 saturated carbocycles. The Labute approximate surface area is 134 Å². The van der Waals surface area contributed by atoms with E-state index in [1.807, 2.05) is 24.3 Å². The van der Waals surface area contributed by atoms with Crippen LogP contribution in [0.3, 0.4) is 0 Å². The predicted octanol–water partition coefficient (Wildman–Crippen LogP) is 4.64. The highest BCUT2D eigenvalue weighted by Crippen LogP contribution is 2.34. The van der Waals surface area contributed by atoms with Gasteiger partial charge >= 0.3 is 0 Å². The van der Waals surface area contributed by atoms with E-state index in [-0.39, 0.29) is 28.1 Å². The third kappa shape index (κ3) is 3.88. The lowest BCUT2D eigenvalue weighted by molar-refractivity contribution is -0.115. The minimum Gasteiger partial charge on any atom is -0.505 e. The van der Waals surface area contributed by atoms with E-state index in [1.165, 1.54) is 12.1 Å². The summed E-state index contributed by atoms with van der Waals surface area (Å²) in [6, 6.07) is 10.4. The van der Waals surface area contributed by atoms with Crippen LogP contribution in [0.2, 0.25) is 10.0 Å². The molecule has 20 heavy (non-hydrogen) atoms. The first kappa shape index (κ1) is 15.2. The van der Waals surface area contributed by atoms with Crippen LogP contribution in [0, 0.1) is 0 Å². The monoisotopic (exact) mass is 373 g/mol. The Hall–Kier alpha value is -1.23. The Kier molecular flexibility index (Phi) is 4.91. The Balaban J connectivity index is 2.09. The van der Waals surface area contributed by atoms with Gasteiger partial charge in [0, 0.05) is 10.2 Å². The number of phenols is 1. The van der Waals surface area contributed by atoms with Gasteiger partial charge in [0.1, 0.15) is 0 Å². The van der Waals surface area contributed by atoms with Crippen LogP contribution in [-0.4, -0.2) is 11.0 Å². The third-order valence-corrected chi connectivity index (χ3v) is 3.62. The quantitative estimate of drug-likeness (QED) is 0.768. The van der Waals surface area contributed by atoms with Crippen molar-refractivity contribution in [2.45, 2.75) is 6.42 Å². The molecule has 2 rings (SSSR count). The molecule has 0 spiro atoms. The first-order chi connectivity index (χ1) is 9.45. The molecule has 6 heteroatoms. The van der Waals surface area contributed by atoms with Crippen molar-refractivity contribution in [3.05, 3.63) is 56.5 Å². The Morgan fingerprint density at radius 3 is 2.45 bits per heavy atom. The molecule has 0 unspecified atom stereocenters. The number of hydrogen-bond acceptors (Lipinski definition) is 2. The summed E-state index contributed by atoms with van der Waals surface area (Å²) < 4.78 is 0.915. The molecule has 0 bridgehead atoms. The lowest BCUT2D eigenvalue weighted by Crippen LogP contribution is -2.14. The highest BCUT2D eigenvalue weighted by molar-refractivity contribution is 9.10. The van der Waals surface area contributed by atoms with Gasteiger partial charge in [-0.15, -0.1) is 0 Å². The number of benzene rings is 2. The number of carbonyl (C=O) groups excluding carboxylic acids is 1. The van der Waals surface area contributed by atoms with E-state index in [2.05, 4.69) is 21.2 Å². The highest BCUT2D eigenvalue weighted by atomic mass is 79.9. The first-order valence-electron chi connectivity index (χ1n) is 5.68. The van der Waals surface area contributed by atoms with Gasteiger partial charge in [0.15, 0.2) is 5.75 Å². The van der Waals surface area contributed by atoms with Gasteiger partial charge in [0.05, 0.1) is 16.5 Å². The molecule has 0 radical (unpaired) electrons. The summed E-state index contributed by atoms with van der Waals surface area (Å²) in [4.78, 5) is 11.9. The maximum absolute atomic E-state index is 11.9. The van der Waals surface area contributed by atoms with E-state index in [1.54, 1.807) is 0 Å². The zero-order valence-electron chi connectivity index (χ0n) is 10.2. The largest absolute Gasteiger partial charge is 0.505 e. The molecule has 2 aromatic carbocycles. The molecule has 0 aliphatic rings. The van der Waals surface area contributed by atoms with Gasteiger partial charge < -0.3 is 10.4 Å². The molecule has 3 nitrogen and oxygen atoms in total. The number of halogens is 3. The Morgan fingerprint density at radius 1 is 1.20 bits per heavy atom. The number of rotatable bonds is 3. The van der Waals surface area contributed by atoms with E-state index in [0.717, 1.165) is 10.0 Å². The maximum Gasteiger partial charge on any atom is 0.228 e. The summed E-state index contributed by atoms with van der Waals surface area (Å²) in [5.41, 5.74) is 1.32. The van der Waals surface area contributed by atoms with Crippen molar-refractivity contribution < 1.29 is 9.90 Å². The van der Waals surface area contributed by atoms with Gasteiger partial charge in [-0.1, -0.05) is 51.3 Å². The van der Waals surface area contributed by atoms with Crippen LogP contribution in [0.15, 0.2) is 40.9 Å². The topological polar surface area (TPSA) is 49.3 Å². The van der Waals surface area contributed by atoms with Gasteiger partial charge in [0.2, 0.25) is 5.91 Å². The summed E-state index contributed by atoms with van der Waals surface area (Å²) in [7, 11) is 0. The lowest BCUT2D eigenvalue weighted by Gasteiger charge is -2.08. The molecule has 0 saturated heterocycles. The summed E-state index contributed by atoms with van der Waals surface area (Å²) in [5.74, 6) is -0.390. The first-order valence-corrected chi connectivity index (χ1v) is 7.23. The van der Waals surface area contributed by atoms with E-state index in [4.69, 9.17) is 23.2 Å². The molecule has 1 amide bonds. The average molecular weight is 375 g/mol. The molecule has 2 N–H and O–H groups in total. The molecular weight excluding hydrogens is 365 g/mol. The summed E-state index contributed by atoms with van der Waals surface area (Å²) >= 11 is 14.9. The molecule has 0 fully saturated rings. The van der Waals surface area contributed by atoms with Crippen molar-refractivity contribution in [1.29, 1.82) is 0 Å². The van der Waals surface area contributed by atoms with Crippen molar-refractivity contribution in [3.8, 4) is 5.75 Å². The normalized spacial score (nSPS) is 10.3. The summed E-state index contributed by atoms with van der Waals surface area (Å²) in [5, 5.41) is 12.3. The van der Waals surface area contributed by atoms with E-state index < -0.39 is 0 Å². The third-order valence-electron chi connectivity index (χ3n) is 2.55. The van der Waals surface area contributed by atoms with Crippen molar-refractivity contribution in [1.82, 2.24) is 0 Å². The molecule has 0 atom stereocenters. The molecule has 2 aromatic rings. The van der Waals surface area contributed by atoms with Crippen molar-refractivity contribution in [2.75, 3.05) is 5.32 Å². The van der Waals surface area contributed by atoms with Crippen LogP contribution in [0.25, 0.3) is 0 Å². The highest BCUT2D eigenvalue weighted by Gasteiger charge is 2.09. The minimum atomic E-state index is -0.196. The van der Waals surface area contributed by atoms with Gasteiger partial charge in [-0.3, -0.25) is 4.79 Å². The fraction of sp³-hybridized carbons (Fsp3) is 0.0714. The molecule has 0 heterocycles. The Morgan fingerprint density at radius 2 is 1.85 bits per heavy atom. The van der Waals surface area contributed by atoms with Crippen molar-refractivity contribution in [3.63, 3.8) is 0 Å². The Bertz CT molecular complexity index is 638. The van der Waals surface area contributed by atoms with Crippen LogP contribution < -0.4 is 5.32 Å². The van der Waals surface area contributed by atoms with E-state index in [0.29, 0.717) is 5.69 Å². The lowest BCUT2D eigenvalue weighted by atomic mass is 10.1. The number of nitrogens with one attached hydrogen (secondary N) is 1. The fourth-order valence-electron chi connectivity index (χ4n) is 1.68. The minimum absolute atomic E-state index is 0.0928. The molecule has 0 aliphatic heterocycles.